The van der Waals surface area contributed by atoms with E-state index in [1.807, 2.05) is 31.2 Å². The number of halogens is 1. The molecule has 0 fully saturated rings. The molecule has 1 amide bonds. The Morgan fingerprint density at radius 3 is 2.61 bits per heavy atom. The van der Waals surface area contributed by atoms with Crippen molar-refractivity contribution in [2.75, 3.05) is 6.61 Å². The summed E-state index contributed by atoms with van der Waals surface area (Å²) < 4.78 is 11.8. The van der Waals surface area contributed by atoms with Crippen LogP contribution in [-0.2, 0) is 4.79 Å². The number of benzene rings is 3. The maximum atomic E-state index is 12.4. The average molecular weight is 509 g/mol. The van der Waals surface area contributed by atoms with E-state index in [2.05, 4.69) is 40.3 Å². The lowest BCUT2D eigenvalue weighted by molar-refractivity contribution is -0.123. The van der Waals surface area contributed by atoms with Crippen LogP contribution in [0, 0.1) is 6.92 Å². The molecule has 0 aliphatic heterocycles. The molecule has 0 saturated heterocycles. The lowest BCUT2D eigenvalue weighted by Gasteiger charge is -2.14. The van der Waals surface area contributed by atoms with Gasteiger partial charge in [-0.3, -0.25) is 4.79 Å². The Bertz CT molecular complexity index is 1170. The fourth-order valence-electron chi connectivity index (χ4n) is 3.05. The average Bonchev–Trinajstić information content (AvgIpc) is 2.78. The first kappa shape index (κ1) is 24.2. The third kappa shape index (κ3) is 7.02. The SMILES string of the molecule is Cc1ccc(C(C)C)c(OCC(=O)N/N=C/c2cccc(OC(=O)c3ccccc3Br)c2)c1. The van der Waals surface area contributed by atoms with E-state index in [0.29, 0.717) is 27.1 Å². The first-order chi connectivity index (χ1) is 15.8. The van der Waals surface area contributed by atoms with Gasteiger partial charge in [-0.2, -0.15) is 5.10 Å². The molecule has 3 aromatic carbocycles. The fraction of sp³-hybridized carbons (Fsp3) is 0.192. The molecule has 6 nitrogen and oxygen atoms in total. The Morgan fingerprint density at radius 1 is 1.06 bits per heavy atom. The van der Waals surface area contributed by atoms with Crippen LogP contribution < -0.4 is 14.9 Å². The molecule has 0 aliphatic rings. The normalized spacial score (nSPS) is 10.9. The summed E-state index contributed by atoms with van der Waals surface area (Å²) in [4.78, 5) is 24.5. The molecule has 0 aromatic heterocycles. The van der Waals surface area contributed by atoms with Gasteiger partial charge in [0.1, 0.15) is 11.5 Å². The molecule has 33 heavy (non-hydrogen) atoms. The van der Waals surface area contributed by atoms with Crippen LogP contribution in [0.2, 0.25) is 0 Å². The topological polar surface area (TPSA) is 77.0 Å². The predicted octanol–water partition coefficient (Wildman–Crippen LogP) is 5.63. The van der Waals surface area contributed by atoms with Crippen LogP contribution in [0.25, 0.3) is 0 Å². The summed E-state index contributed by atoms with van der Waals surface area (Å²) in [5.41, 5.74) is 5.65. The van der Waals surface area contributed by atoms with Crippen LogP contribution in [0.5, 0.6) is 11.5 Å². The van der Waals surface area contributed by atoms with E-state index in [0.717, 1.165) is 11.1 Å². The second-order valence-electron chi connectivity index (χ2n) is 7.72. The van der Waals surface area contributed by atoms with Crippen molar-refractivity contribution in [3.8, 4) is 11.5 Å². The van der Waals surface area contributed by atoms with Crippen LogP contribution in [0.15, 0.2) is 76.3 Å². The van der Waals surface area contributed by atoms with E-state index < -0.39 is 5.97 Å². The molecule has 0 bridgehead atoms. The number of esters is 1. The smallest absolute Gasteiger partial charge is 0.344 e. The number of amides is 1. The summed E-state index contributed by atoms with van der Waals surface area (Å²) >= 11 is 3.34. The van der Waals surface area contributed by atoms with Crippen molar-refractivity contribution < 1.29 is 19.1 Å². The number of rotatable bonds is 8. The number of hydrazone groups is 1. The summed E-state index contributed by atoms with van der Waals surface area (Å²) in [6.45, 7) is 5.98. The molecule has 0 unspecified atom stereocenters. The molecular weight excluding hydrogens is 484 g/mol. The highest BCUT2D eigenvalue weighted by molar-refractivity contribution is 9.10. The van der Waals surface area contributed by atoms with Gasteiger partial charge in [0.15, 0.2) is 6.61 Å². The summed E-state index contributed by atoms with van der Waals surface area (Å²) in [6.07, 6.45) is 1.47. The van der Waals surface area contributed by atoms with Gasteiger partial charge >= 0.3 is 5.97 Å². The number of aryl methyl sites for hydroxylation is 1. The van der Waals surface area contributed by atoms with Crippen LogP contribution in [-0.4, -0.2) is 24.7 Å². The monoisotopic (exact) mass is 508 g/mol. The molecule has 0 heterocycles. The van der Waals surface area contributed by atoms with Gasteiger partial charge in [-0.1, -0.05) is 50.2 Å². The van der Waals surface area contributed by atoms with Crippen molar-refractivity contribution in [3.63, 3.8) is 0 Å². The van der Waals surface area contributed by atoms with Crippen LogP contribution in [0.4, 0.5) is 0 Å². The molecule has 0 spiro atoms. The minimum Gasteiger partial charge on any atom is -0.483 e. The van der Waals surface area contributed by atoms with Crippen molar-refractivity contribution >= 4 is 34.0 Å². The number of ether oxygens (including phenoxy) is 2. The Kier molecular flexibility index (Phi) is 8.38. The highest BCUT2D eigenvalue weighted by atomic mass is 79.9. The highest BCUT2D eigenvalue weighted by Gasteiger charge is 2.12. The number of hydrogen-bond acceptors (Lipinski definition) is 5. The lowest BCUT2D eigenvalue weighted by Crippen LogP contribution is -2.25. The standard InChI is InChI=1S/C26H25BrN2O4/c1-17(2)21-12-11-18(3)13-24(21)32-16-25(30)29-28-15-19-7-6-8-20(14-19)33-26(31)22-9-4-5-10-23(22)27/h4-15,17H,16H2,1-3H3,(H,29,30)/b28-15+. The first-order valence-electron chi connectivity index (χ1n) is 10.5. The van der Waals surface area contributed by atoms with E-state index in [1.165, 1.54) is 6.21 Å². The van der Waals surface area contributed by atoms with Gasteiger partial charge in [0, 0.05) is 4.47 Å². The van der Waals surface area contributed by atoms with Crippen LogP contribution >= 0.6 is 15.9 Å². The molecule has 1 N–H and O–H groups in total. The summed E-state index contributed by atoms with van der Waals surface area (Å²) in [6, 6.07) is 19.8. The third-order valence-corrected chi connectivity index (χ3v) is 5.41. The maximum Gasteiger partial charge on any atom is 0.344 e. The van der Waals surface area contributed by atoms with Gasteiger partial charge in [-0.25, -0.2) is 10.2 Å². The molecular formula is C26H25BrN2O4. The first-order valence-corrected chi connectivity index (χ1v) is 11.2. The number of nitrogens with one attached hydrogen (secondary N) is 1. The molecule has 170 valence electrons. The van der Waals surface area contributed by atoms with E-state index in [-0.39, 0.29) is 18.4 Å². The Balaban J connectivity index is 1.55. The van der Waals surface area contributed by atoms with Gasteiger partial charge in [0.25, 0.3) is 5.91 Å². The third-order valence-electron chi connectivity index (χ3n) is 4.72. The highest BCUT2D eigenvalue weighted by Crippen LogP contribution is 2.27. The Labute approximate surface area is 201 Å². The zero-order valence-corrected chi connectivity index (χ0v) is 20.3. The van der Waals surface area contributed by atoms with Gasteiger partial charge in [-0.05, 0) is 75.8 Å². The molecule has 3 aromatic rings. The lowest BCUT2D eigenvalue weighted by atomic mass is 10.0. The van der Waals surface area contributed by atoms with Crippen molar-refractivity contribution in [1.29, 1.82) is 0 Å². The van der Waals surface area contributed by atoms with Gasteiger partial charge in [0.2, 0.25) is 0 Å². The van der Waals surface area contributed by atoms with Crippen LogP contribution in [0.1, 0.15) is 46.8 Å². The van der Waals surface area contributed by atoms with Crippen molar-refractivity contribution in [3.05, 3.63) is 93.5 Å². The van der Waals surface area contributed by atoms with E-state index in [1.54, 1.807) is 42.5 Å². The fourth-order valence-corrected chi connectivity index (χ4v) is 3.49. The summed E-state index contributed by atoms with van der Waals surface area (Å²) in [5, 5.41) is 3.97. The van der Waals surface area contributed by atoms with E-state index in [4.69, 9.17) is 9.47 Å². The number of hydrogen-bond donors (Lipinski definition) is 1. The molecule has 3 rings (SSSR count). The summed E-state index contributed by atoms with van der Waals surface area (Å²) in [5.74, 6) is 0.502. The number of nitrogens with zero attached hydrogens (tertiary/aromatic N) is 1. The van der Waals surface area contributed by atoms with Gasteiger partial charge < -0.3 is 9.47 Å². The molecule has 0 radical (unpaired) electrons. The largest absolute Gasteiger partial charge is 0.483 e. The minimum absolute atomic E-state index is 0.149. The molecule has 0 aliphatic carbocycles. The maximum absolute atomic E-state index is 12.4. The van der Waals surface area contributed by atoms with Crippen LogP contribution in [0.3, 0.4) is 0 Å². The van der Waals surface area contributed by atoms with Crippen molar-refractivity contribution in [2.45, 2.75) is 26.7 Å². The van der Waals surface area contributed by atoms with Gasteiger partial charge in [-0.15, -0.1) is 0 Å². The number of carbonyl (C=O) groups is 2. The van der Waals surface area contributed by atoms with Crippen molar-refractivity contribution in [2.24, 2.45) is 5.10 Å². The molecule has 0 atom stereocenters. The van der Waals surface area contributed by atoms with E-state index in [9.17, 15) is 9.59 Å². The zero-order chi connectivity index (χ0) is 23.8. The molecule has 7 heteroatoms. The van der Waals surface area contributed by atoms with Gasteiger partial charge in [0.05, 0.1) is 11.8 Å². The van der Waals surface area contributed by atoms with Crippen molar-refractivity contribution in [1.82, 2.24) is 5.43 Å². The van der Waals surface area contributed by atoms with E-state index >= 15 is 0 Å². The second-order valence-corrected chi connectivity index (χ2v) is 8.57. The second kappa shape index (κ2) is 11.4. The quantitative estimate of drug-likeness (QED) is 0.185. The minimum atomic E-state index is -0.473. The predicted molar refractivity (Wildman–Crippen MR) is 132 cm³/mol. The summed E-state index contributed by atoms with van der Waals surface area (Å²) in [7, 11) is 0. The number of carbonyl (C=O) groups excluding carboxylic acids is 2. The Morgan fingerprint density at radius 2 is 1.85 bits per heavy atom. The Hall–Kier alpha value is -3.45. The zero-order valence-electron chi connectivity index (χ0n) is 18.7. The molecule has 0 saturated carbocycles.